The summed E-state index contributed by atoms with van der Waals surface area (Å²) >= 11 is 0. The highest BCUT2D eigenvalue weighted by Gasteiger charge is 2.25. The van der Waals surface area contributed by atoms with E-state index in [1.165, 1.54) is 0 Å². The minimum atomic E-state index is -1.63. The van der Waals surface area contributed by atoms with Gasteiger partial charge < -0.3 is 10.6 Å². The van der Waals surface area contributed by atoms with Crippen LogP contribution in [0.1, 0.15) is 26.7 Å². The van der Waals surface area contributed by atoms with Crippen molar-refractivity contribution in [3.05, 3.63) is 29.6 Å². The molecule has 0 radical (unpaired) electrons. The van der Waals surface area contributed by atoms with E-state index < -0.39 is 34.5 Å². The Bertz CT molecular complexity index is 580. The van der Waals surface area contributed by atoms with Crippen LogP contribution in [0.3, 0.4) is 0 Å². The van der Waals surface area contributed by atoms with Crippen LogP contribution < -0.4 is 10.6 Å². The highest BCUT2D eigenvalue weighted by Crippen LogP contribution is 2.24. The van der Waals surface area contributed by atoms with Crippen LogP contribution in [0.2, 0.25) is 0 Å². The molecule has 0 aromatic heterocycles. The second-order valence-electron chi connectivity index (χ2n) is 4.97. The number of rotatable bonds is 7. The number of nitrogens with one attached hydrogen (secondary N) is 2. The Morgan fingerprint density at radius 3 is 2.41 bits per heavy atom. The Labute approximate surface area is 127 Å². The third kappa shape index (κ3) is 4.21. The molecule has 0 aliphatic heterocycles. The monoisotopic (exact) mass is 313 g/mol. The number of carbonyl (C=O) groups is 1. The predicted octanol–water partition coefficient (Wildman–Crippen LogP) is 2.96. The van der Waals surface area contributed by atoms with E-state index in [1.807, 2.05) is 13.8 Å². The van der Waals surface area contributed by atoms with Gasteiger partial charge in [0.1, 0.15) is 0 Å². The number of nitrogens with zero attached hydrogens (tertiary/aromatic N) is 1. The van der Waals surface area contributed by atoms with Crippen molar-refractivity contribution in [1.82, 2.24) is 5.32 Å². The number of hydrogen-bond acceptors (Lipinski definition) is 3. The summed E-state index contributed by atoms with van der Waals surface area (Å²) in [6, 6.07) is 3.90. The number of benzene rings is 1. The first-order valence-corrected chi connectivity index (χ1v) is 6.94. The third-order valence-electron chi connectivity index (χ3n) is 3.65. The van der Waals surface area contributed by atoms with E-state index in [0.29, 0.717) is 19.4 Å². The molecule has 0 heterocycles. The molecular formula is C15H18F3N3O. The van der Waals surface area contributed by atoms with Crippen LogP contribution in [0.4, 0.5) is 18.9 Å². The number of carbonyl (C=O) groups excluding carboxylic acids is 1. The largest absolute Gasteiger partial charge is 0.322 e. The third-order valence-corrected chi connectivity index (χ3v) is 3.65. The number of nitriles is 1. The fourth-order valence-corrected chi connectivity index (χ4v) is 1.93. The zero-order valence-electron chi connectivity index (χ0n) is 12.5. The number of anilines is 1. The predicted molar refractivity (Wildman–Crippen MR) is 76.4 cm³/mol. The van der Waals surface area contributed by atoms with Gasteiger partial charge in [0.15, 0.2) is 17.5 Å². The van der Waals surface area contributed by atoms with Crippen molar-refractivity contribution in [3.8, 4) is 6.07 Å². The second kappa shape index (κ2) is 7.80. The normalized spacial score (nSPS) is 11.1. The van der Waals surface area contributed by atoms with E-state index in [2.05, 4.69) is 16.7 Å². The van der Waals surface area contributed by atoms with Crippen molar-refractivity contribution in [2.24, 2.45) is 5.41 Å². The fraction of sp³-hybridized carbons (Fsp3) is 0.467. The van der Waals surface area contributed by atoms with Crippen LogP contribution in [0.25, 0.3) is 0 Å². The summed E-state index contributed by atoms with van der Waals surface area (Å²) in [6.07, 6.45) is 1.26. The fourth-order valence-electron chi connectivity index (χ4n) is 1.93. The van der Waals surface area contributed by atoms with E-state index in [-0.39, 0.29) is 6.54 Å². The maximum absolute atomic E-state index is 13.4. The average molecular weight is 313 g/mol. The summed E-state index contributed by atoms with van der Waals surface area (Å²) in [4.78, 5) is 11.7. The second-order valence-corrected chi connectivity index (χ2v) is 4.97. The van der Waals surface area contributed by atoms with Crippen molar-refractivity contribution >= 4 is 11.6 Å². The SMILES string of the molecule is CCC(C#N)(CC)CNCC(=O)Nc1ccc(F)c(F)c1F. The molecule has 1 aromatic carbocycles. The van der Waals surface area contributed by atoms with Crippen molar-refractivity contribution in [3.63, 3.8) is 0 Å². The molecule has 2 N–H and O–H groups in total. The summed E-state index contributed by atoms with van der Waals surface area (Å²) < 4.78 is 39.2. The lowest BCUT2D eigenvalue weighted by molar-refractivity contribution is -0.115. The summed E-state index contributed by atoms with van der Waals surface area (Å²) in [5.74, 6) is -5.00. The zero-order valence-corrected chi connectivity index (χ0v) is 12.5. The van der Waals surface area contributed by atoms with E-state index in [0.717, 1.165) is 12.1 Å². The lowest BCUT2D eigenvalue weighted by Gasteiger charge is -2.23. The molecule has 0 unspecified atom stereocenters. The molecule has 0 aliphatic carbocycles. The summed E-state index contributed by atoms with van der Waals surface area (Å²) in [7, 11) is 0. The molecule has 1 rings (SSSR count). The highest BCUT2D eigenvalue weighted by molar-refractivity contribution is 5.92. The van der Waals surface area contributed by atoms with Crippen LogP contribution in [-0.2, 0) is 4.79 Å². The maximum atomic E-state index is 13.4. The quantitative estimate of drug-likeness (QED) is 0.761. The van der Waals surface area contributed by atoms with E-state index in [1.54, 1.807) is 0 Å². The number of halogens is 3. The Balaban J connectivity index is 2.58. The molecule has 22 heavy (non-hydrogen) atoms. The summed E-state index contributed by atoms with van der Waals surface area (Å²) in [5.41, 5.74) is -0.990. The van der Waals surface area contributed by atoms with Crippen molar-refractivity contribution < 1.29 is 18.0 Å². The minimum Gasteiger partial charge on any atom is -0.322 e. The van der Waals surface area contributed by atoms with Crippen LogP contribution in [0, 0.1) is 34.2 Å². The molecule has 0 atom stereocenters. The first-order valence-electron chi connectivity index (χ1n) is 6.94. The smallest absolute Gasteiger partial charge is 0.238 e. The van der Waals surface area contributed by atoms with Crippen LogP contribution in [0.15, 0.2) is 12.1 Å². The topological polar surface area (TPSA) is 64.9 Å². The molecule has 0 saturated heterocycles. The van der Waals surface area contributed by atoms with Gasteiger partial charge in [0, 0.05) is 6.54 Å². The zero-order chi connectivity index (χ0) is 16.8. The van der Waals surface area contributed by atoms with Gasteiger partial charge in [0.05, 0.1) is 23.7 Å². The molecule has 1 amide bonds. The van der Waals surface area contributed by atoms with Gasteiger partial charge in [-0.3, -0.25) is 4.79 Å². The standard InChI is InChI=1S/C15H18F3N3O/c1-3-15(4-2,8-19)9-20-7-12(22)21-11-6-5-10(16)13(17)14(11)18/h5-6,20H,3-4,7,9H2,1-2H3,(H,21,22). The molecule has 7 heteroatoms. The molecular weight excluding hydrogens is 295 g/mol. The van der Waals surface area contributed by atoms with Gasteiger partial charge in [-0.05, 0) is 25.0 Å². The number of amides is 1. The molecule has 0 saturated carbocycles. The Kier molecular flexibility index (Phi) is 6.38. The molecule has 0 bridgehead atoms. The van der Waals surface area contributed by atoms with Crippen molar-refractivity contribution in [2.75, 3.05) is 18.4 Å². The molecule has 120 valence electrons. The first kappa shape index (κ1) is 18.0. The van der Waals surface area contributed by atoms with Gasteiger partial charge in [0.2, 0.25) is 5.91 Å². The van der Waals surface area contributed by atoms with Gasteiger partial charge in [-0.15, -0.1) is 0 Å². The van der Waals surface area contributed by atoms with Crippen molar-refractivity contribution in [2.45, 2.75) is 26.7 Å². The van der Waals surface area contributed by atoms with Crippen LogP contribution >= 0.6 is 0 Å². The lowest BCUT2D eigenvalue weighted by Crippen LogP contribution is -2.37. The molecule has 0 spiro atoms. The maximum Gasteiger partial charge on any atom is 0.238 e. The Hall–Kier alpha value is -2.07. The van der Waals surface area contributed by atoms with Gasteiger partial charge in [-0.2, -0.15) is 5.26 Å². The average Bonchev–Trinajstić information content (AvgIpc) is 2.53. The van der Waals surface area contributed by atoms with Crippen molar-refractivity contribution in [1.29, 1.82) is 5.26 Å². The van der Waals surface area contributed by atoms with Crippen LogP contribution in [0.5, 0.6) is 0 Å². The van der Waals surface area contributed by atoms with Gasteiger partial charge in [-0.25, -0.2) is 13.2 Å². The van der Waals surface area contributed by atoms with Gasteiger partial charge in [-0.1, -0.05) is 13.8 Å². The number of hydrogen-bond donors (Lipinski definition) is 2. The Morgan fingerprint density at radius 1 is 1.23 bits per heavy atom. The minimum absolute atomic E-state index is 0.165. The highest BCUT2D eigenvalue weighted by atomic mass is 19.2. The van der Waals surface area contributed by atoms with Crippen LogP contribution in [-0.4, -0.2) is 19.0 Å². The van der Waals surface area contributed by atoms with E-state index >= 15 is 0 Å². The molecule has 0 fully saturated rings. The van der Waals surface area contributed by atoms with E-state index in [4.69, 9.17) is 5.26 Å². The Morgan fingerprint density at radius 2 is 1.86 bits per heavy atom. The molecule has 4 nitrogen and oxygen atoms in total. The van der Waals surface area contributed by atoms with Gasteiger partial charge in [0.25, 0.3) is 0 Å². The summed E-state index contributed by atoms with van der Waals surface area (Å²) in [5, 5.41) is 14.1. The molecule has 0 aliphatic rings. The first-order chi connectivity index (χ1) is 10.4. The van der Waals surface area contributed by atoms with Gasteiger partial charge >= 0.3 is 0 Å². The lowest BCUT2D eigenvalue weighted by atomic mass is 9.84. The molecule has 1 aromatic rings. The van der Waals surface area contributed by atoms with E-state index in [9.17, 15) is 18.0 Å². The summed E-state index contributed by atoms with van der Waals surface area (Å²) in [6.45, 7) is 3.91.